The van der Waals surface area contributed by atoms with Crippen molar-refractivity contribution in [1.82, 2.24) is 5.32 Å². The highest BCUT2D eigenvalue weighted by molar-refractivity contribution is 5.97. The van der Waals surface area contributed by atoms with Crippen molar-refractivity contribution in [1.29, 1.82) is 0 Å². The fourth-order valence-corrected chi connectivity index (χ4v) is 1.93. The van der Waals surface area contributed by atoms with Crippen LogP contribution in [0.4, 0.5) is 0 Å². The molecule has 0 aliphatic carbocycles. The maximum atomic E-state index is 12.1. The number of hydrogen-bond acceptors (Lipinski definition) is 4. The van der Waals surface area contributed by atoms with Gasteiger partial charge in [0.05, 0.1) is 18.4 Å². The highest BCUT2D eigenvalue weighted by atomic mass is 16.6. The molecule has 1 aromatic heterocycles. The average Bonchev–Trinajstić information content (AvgIpc) is 2.97. The molecule has 1 aliphatic rings. The van der Waals surface area contributed by atoms with E-state index in [-0.39, 0.29) is 5.91 Å². The van der Waals surface area contributed by atoms with Crippen LogP contribution in [0, 0.1) is 0 Å². The van der Waals surface area contributed by atoms with E-state index >= 15 is 0 Å². The molecule has 0 saturated heterocycles. The third kappa shape index (κ3) is 2.40. The monoisotopic (exact) mass is 259 g/mol. The number of carbonyl (C=O) groups is 1. The Morgan fingerprint density at radius 3 is 2.89 bits per heavy atom. The van der Waals surface area contributed by atoms with Crippen LogP contribution < -0.4 is 14.8 Å². The Kier molecular flexibility index (Phi) is 3.10. The van der Waals surface area contributed by atoms with Crippen molar-refractivity contribution in [2.75, 3.05) is 13.2 Å². The van der Waals surface area contributed by atoms with Crippen LogP contribution in [0.15, 0.2) is 41.0 Å². The predicted molar refractivity (Wildman–Crippen MR) is 67.3 cm³/mol. The van der Waals surface area contributed by atoms with Crippen molar-refractivity contribution in [3.05, 3.63) is 47.9 Å². The molecule has 98 valence electrons. The molecule has 1 amide bonds. The molecule has 1 aliphatic heterocycles. The Balaban J connectivity index is 1.76. The standard InChI is InChI=1S/C14H13NO4/c16-14(15-9-10-3-2-6-17-10)11-4-1-5-12-13(11)19-8-7-18-12/h1-6H,7-9H2,(H,15,16). The number of furan rings is 1. The topological polar surface area (TPSA) is 60.7 Å². The summed E-state index contributed by atoms with van der Waals surface area (Å²) in [6.07, 6.45) is 1.57. The molecule has 3 rings (SSSR count). The van der Waals surface area contributed by atoms with Gasteiger partial charge < -0.3 is 19.2 Å². The lowest BCUT2D eigenvalue weighted by atomic mass is 10.1. The zero-order valence-electron chi connectivity index (χ0n) is 10.2. The molecule has 0 spiro atoms. The molecule has 0 bridgehead atoms. The molecule has 0 fully saturated rings. The summed E-state index contributed by atoms with van der Waals surface area (Å²) in [7, 11) is 0. The molecule has 19 heavy (non-hydrogen) atoms. The van der Waals surface area contributed by atoms with Crippen molar-refractivity contribution in [3.8, 4) is 11.5 Å². The lowest BCUT2D eigenvalue weighted by molar-refractivity contribution is 0.0937. The average molecular weight is 259 g/mol. The number of rotatable bonds is 3. The van der Waals surface area contributed by atoms with Crippen molar-refractivity contribution in [2.45, 2.75) is 6.54 Å². The second-order valence-corrected chi connectivity index (χ2v) is 4.09. The zero-order valence-corrected chi connectivity index (χ0v) is 10.2. The maximum Gasteiger partial charge on any atom is 0.255 e. The highest BCUT2D eigenvalue weighted by Crippen LogP contribution is 2.33. The Morgan fingerprint density at radius 1 is 1.16 bits per heavy atom. The molecule has 0 saturated carbocycles. The number of benzene rings is 1. The fraction of sp³-hybridized carbons (Fsp3) is 0.214. The lowest BCUT2D eigenvalue weighted by Crippen LogP contribution is -2.25. The van der Waals surface area contributed by atoms with E-state index in [1.165, 1.54) is 0 Å². The number of carbonyl (C=O) groups excluding carboxylic acids is 1. The Morgan fingerprint density at radius 2 is 2.05 bits per heavy atom. The summed E-state index contributed by atoms with van der Waals surface area (Å²) in [5, 5.41) is 2.78. The van der Waals surface area contributed by atoms with Gasteiger partial charge in [-0.05, 0) is 24.3 Å². The van der Waals surface area contributed by atoms with E-state index in [4.69, 9.17) is 13.9 Å². The summed E-state index contributed by atoms with van der Waals surface area (Å²) in [6, 6.07) is 8.86. The quantitative estimate of drug-likeness (QED) is 0.915. The van der Waals surface area contributed by atoms with Crippen LogP contribution in [0.25, 0.3) is 0 Å². The van der Waals surface area contributed by atoms with Crippen LogP contribution in [-0.4, -0.2) is 19.1 Å². The van der Waals surface area contributed by atoms with E-state index < -0.39 is 0 Å². The SMILES string of the molecule is O=C(NCc1ccco1)c1cccc2c1OCCO2. The first kappa shape index (κ1) is 11.6. The molecular weight excluding hydrogens is 246 g/mol. The summed E-state index contributed by atoms with van der Waals surface area (Å²) in [5.41, 5.74) is 0.476. The number of ether oxygens (including phenoxy) is 2. The number of fused-ring (bicyclic) bond motifs is 1. The molecule has 1 aromatic carbocycles. The molecule has 1 N–H and O–H groups in total. The minimum absolute atomic E-state index is 0.209. The van der Waals surface area contributed by atoms with E-state index in [2.05, 4.69) is 5.32 Å². The number of hydrogen-bond donors (Lipinski definition) is 1. The molecule has 5 heteroatoms. The Bertz CT molecular complexity index is 577. The minimum atomic E-state index is -0.209. The van der Waals surface area contributed by atoms with Crippen LogP contribution in [0.1, 0.15) is 16.1 Å². The summed E-state index contributed by atoms with van der Waals surface area (Å²) in [6.45, 7) is 1.30. The Hall–Kier alpha value is -2.43. The van der Waals surface area contributed by atoms with Gasteiger partial charge in [-0.1, -0.05) is 6.07 Å². The van der Waals surface area contributed by atoms with E-state index in [9.17, 15) is 4.79 Å². The fourth-order valence-electron chi connectivity index (χ4n) is 1.93. The first-order chi connectivity index (χ1) is 9.34. The van der Waals surface area contributed by atoms with Gasteiger partial charge in [0.1, 0.15) is 19.0 Å². The summed E-state index contributed by atoms with van der Waals surface area (Å²) in [4.78, 5) is 12.1. The van der Waals surface area contributed by atoms with Gasteiger partial charge in [-0.15, -0.1) is 0 Å². The first-order valence-corrected chi connectivity index (χ1v) is 6.04. The van der Waals surface area contributed by atoms with E-state index in [0.717, 1.165) is 0 Å². The molecular formula is C14H13NO4. The normalized spacial score (nSPS) is 13.1. The summed E-state index contributed by atoms with van der Waals surface area (Å²) in [5.74, 6) is 1.61. The summed E-state index contributed by atoms with van der Waals surface area (Å²) >= 11 is 0. The van der Waals surface area contributed by atoms with Crippen LogP contribution in [0.2, 0.25) is 0 Å². The van der Waals surface area contributed by atoms with Crippen molar-refractivity contribution in [3.63, 3.8) is 0 Å². The third-order valence-electron chi connectivity index (χ3n) is 2.81. The van der Waals surface area contributed by atoms with Gasteiger partial charge in [-0.3, -0.25) is 4.79 Å². The molecule has 2 heterocycles. The van der Waals surface area contributed by atoms with E-state index in [0.29, 0.717) is 42.6 Å². The molecule has 0 radical (unpaired) electrons. The molecule has 0 atom stereocenters. The lowest BCUT2D eigenvalue weighted by Gasteiger charge is -2.20. The van der Waals surface area contributed by atoms with Crippen LogP contribution in [-0.2, 0) is 6.54 Å². The van der Waals surface area contributed by atoms with Crippen molar-refractivity contribution >= 4 is 5.91 Å². The smallest absolute Gasteiger partial charge is 0.255 e. The molecule has 0 unspecified atom stereocenters. The van der Waals surface area contributed by atoms with Gasteiger partial charge in [0.25, 0.3) is 5.91 Å². The van der Waals surface area contributed by atoms with E-state index in [1.807, 2.05) is 0 Å². The van der Waals surface area contributed by atoms with Gasteiger partial charge >= 0.3 is 0 Å². The second-order valence-electron chi connectivity index (χ2n) is 4.09. The zero-order chi connectivity index (χ0) is 13.1. The summed E-state index contributed by atoms with van der Waals surface area (Å²) < 4.78 is 16.1. The first-order valence-electron chi connectivity index (χ1n) is 6.04. The van der Waals surface area contributed by atoms with Gasteiger partial charge in [0, 0.05) is 0 Å². The highest BCUT2D eigenvalue weighted by Gasteiger charge is 2.20. The number of nitrogens with one attached hydrogen (secondary N) is 1. The Labute approximate surface area is 110 Å². The molecule has 2 aromatic rings. The van der Waals surface area contributed by atoms with Crippen molar-refractivity contribution < 1.29 is 18.7 Å². The molecule has 5 nitrogen and oxygen atoms in total. The number of amides is 1. The second kappa shape index (κ2) is 5.06. The van der Waals surface area contributed by atoms with Crippen molar-refractivity contribution in [2.24, 2.45) is 0 Å². The van der Waals surface area contributed by atoms with Gasteiger partial charge in [-0.25, -0.2) is 0 Å². The number of para-hydroxylation sites is 1. The largest absolute Gasteiger partial charge is 0.486 e. The third-order valence-corrected chi connectivity index (χ3v) is 2.81. The van der Waals surface area contributed by atoms with Gasteiger partial charge in [-0.2, -0.15) is 0 Å². The van der Waals surface area contributed by atoms with Crippen LogP contribution >= 0.6 is 0 Å². The minimum Gasteiger partial charge on any atom is -0.486 e. The van der Waals surface area contributed by atoms with Gasteiger partial charge in [0.2, 0.25) is 0 Å². The predicted octanol–water partition coefficient (Wildman–Crippen LogP) is 1.98. The van der Waals surface area contributed by atoms with Crippen LogP contribution in [0.5, 0.6) is 11.5 Å². The van der Waals surface area contributed by atoms with Crippen LogP contribution in [0.3, 0.4) is 0 Å². The van der Waals surface area contributed by atoms with Gasteiger partial charge in [0.15, 0.2) is 11.5 Å². The van der Waals surface area contributed by atoms with E-state index in [1.54, 1.807) is 36.6 Å². The maximum absolute atomic E-state index is 12.1.